The molecule has 0 aromatic heterocycles. The number of carbonyl (C=O) groups is 1. The van der Waals surface area contributed by atoms with Gasteiger partial charge in [-0.25, -0.2) is 0 Å². The van der Waals surface area contributed by atoms with E-state index in [4.69, 9.17) is 23.7 Å². The van der Waals surface area contributed by atoms with E-state index in [1.165, 1.54) is 6.07 Å². The number of carbonyl (C=O) groups excluding carboxylic acids is 1. The minimum absolute atomic E-state index is 0.0309. The molecule has 3 fully saturated rings. The fraction of sp³-hybridized carbons (Fsp3) is 0.611. The summed E-state index contributed by atoms with van der Waals surface area (Å²) in [6.07, 6.45) is -3.38. The molecule has 3 aliphatic heterocycles. The van der Waals surface area contributed by atoms with Gasteiger partial charge in [-0.2, -0.15) is 0 Å². The summed E-state index contributed by atoms with van der Waals surface area (Å²) in [6.45, 7) is 7.11. The maximum absolute atomic E-state index is 12.8. The number of anilines is 1. The van der Waals surface area contributed by atoms with Gasteiger partial charge in [-0.3, -0.25) is 4.79 Å². The number of fused-ring (bicyclic) bond motifs is 3. The van der Waals surface area contributed by atoms with Crippen molar-refractivity contribution in [2.45, 2.75) is 70.0 Å². The molecule has 3 aliphatic rings. The summed E-state index contributed by atoms with van der Waals surface area (Å²) < 4.78 is 29.5. The maximum atomic E-state index is 12.8. The largest absolute Gasteiger partial charge is 0.506 e. The quantitative estimate of drug-likeness (QED) is 0.771. The van der Waals surface area contributed by atoms with Crippen molar-refractivity contribution in [1.82, 2.24) is 0 Å². The van der Waals surface area contributed by atoms with Crippen molar-refractivity contribution >= 4 is 11.6 Å². The van der Waals surface area contributed by atoms with E-state index in [2.05, 4.69) is 5.32 Å². The van der Waals surface area contributed by atoms with Crippen LogP contribution in [0.5, 0.6) is 5.75 Å². The van der Waals surface area contributed by atoms with Gasteiger partial charge in [-0.15, -0.1) is 0 Å². The van der Waals surface area contributed by atoms with Crippen LogP contribution in [-0.2, 0) is 28.5 Å². The third-order valence-corrected chi connectivity index (χ3v) is 4.57. The van der Waals surface area contributed by atoms with Crippen LogP contribution in [0.15, 0.2) is 24.3 Å². The van der Waals surface area contributed by atoms with Crippen molar-refractivity contribution in [3.05, 3.63) is 24.3 Å². The van der Waals surface area contributed by atoms with Gasteiger partial charge in [0.05, 0.1) is 5.69 Å². The van der Waals surface area contributed by atoms with Crippen molar-refractivity contribution in [1.29, 1.82) is 0 Å². The molecule has 142 valence electrons. The highest BCUT2D eigenvalue weighted by atomic mass is 16.9. The number of hydrogen-bond acceptors (Lipinski definition) is 7. The number of hydrogen-bond donors (Lipinski definition) is 2. The summed E-state index contributed by atoms with van der Waals surface area (Å²) in [5.41, 5.74) is 0.293. The zero-order valence-corrected chi connectivity index (χ0v) is 15.1. The van der Waals surface area contributed by atoms with Crippen LogP contribution < -0.4 is 5.32 Å². The van der Waals surface area contributed by atoms with E-state index in [1.54, 1.807) is 45.9 Å². The average Bonchev–Trinajstić information content (AvgIpc) is 3.02. The molecule has 0 bridgehead atoms. The lowest BCUT2D eigenvalue weighted by atomic mass is 9.98. The smallest absolute Gasteiger partial charge is 0.256 e. The molecule has 3 saturated heterocycles. The van der Waals surface area contributed by atoms with E-state index in [9.17, 15) is 9.90 Å². The molecule has 0 saturated carbocycles. The SMILES string of the molecule is CC1(C)O[C@@H]2[C@@H](O1)[C@H](C(=O)Nc1ccccc1O)O[C@H]1OC(C)(C)O[C@@H]12. The zero-order valence-electron chi connectivity index (χ0n) is 15.1. The molecule has 26 heavy (non-hydrogen) atoms. The van der Waals surface area contributed by atoms with Gasteiger partial charge in [0.15, 0.2) is 24.0 Å². The Bertz CT molecular complexity index is 719. The molecule has 1 amide bonds. The van der Waals surface area contributed by atoms with Crippen LogP contribution in [0.25, 0.3) is 0 Å². The standard InChI is InChI=1S/C18H23NO7/c1-17(2)23-11-12(24-17)14-16(26-18(3,4)25-14)22-13(11)15(21)19-9-7-5-6-8-10(9)20/h5-8,11-14,16,20H,1-4H3,(H,19,21)/t11-,12-,13-,14-,16+/m1/s1. The van der Waals surface area contributed by atoms with Crippen LogP contribution in [0.2, 0.25) is 0 Å². The Kier molecular flexibility index (Phi) is 4.01. The first-order chi connectivity index (χ1) is 12.2. The summed E-state index contributed by atoms with van der Waals surface area (Å²) in [4.78, 5) is 12.8. The van der Waals surface area contributed by atoms with Gasteiger partial charge in [0.25, 0.3) is 5.91 Å². The minimum atomic E-state index is -0.972. The normalized spacial score (nSPS) is 37.0. The minimum Gasteiger partial charge on any atom is -0.506 e. The van der Waals surface area contributed by atoms with Crippen molar-refractivity contribution in [2.75, 3.05) is 5.32 Å². The monoisotopic (exact) mass is 365 g/mol. The second kappa shape index (κ2) is 5.90. The second-order valence-corrected chi connectivity index (χ2v) is 7.60. The number of ether oxygens (including phenoxy) is 5. The first-order valence-corrected chi connectivity index (χ1v) is 8.61. The van der Waals surface area contributed by atoms with Gasteiger partial charge < -0.3 is 34.1 Å². The lowest BCUT2D eigenvalue weighted by molar-refractivity contribution is -0.229. The summed E-state index contributed by atoms with van der Waals surface area (Å²) in [7, 11) is 0. The number of rotatable bonds is 2. The predicted molar refractivity (Wildman–Crippen MR) is 89.3 cm³/mol. The number of aromatic hydroxyl groups is 1. The third-order valence-electron chi connectivity index (χ3n) is 4.57. The molecule has 0 unspecified atom stereocenters. The van der Waals surface area contributed by atoms with E-state index in [0.717, 1.165) is 0 Å². The lowest BCUT2D eigenvalue weighted by Gasteiger charge is -2.36. The molecule has 0 radical (unpaired) electrons. The van der Waals surface area contributed by atoms with Gasteiger partial charge in [-0.05, 0) is 39.8 Å². The van der Waals surface area contributed by atoms with Gasteiger partial charge in [-0.1, -0.05) is 12.1 Å². The van der Waals surface area contributed by atoms with E-state index in [0.29, 0.717) is 5.69 Å². The maximum Gasteiger partial charge on any atom is 0.256 e. The molecule has 2 N–H and O–H groups in total. The topological polar surface area (TPSA) is 95.5 Å². The molecule has 1 aromatic carbocycles. The van der Waals surface area contributed by atoms with Crippen LogP contribution >= 0.6 is 0 Å². The van der Waals surface area contributed by atoms with Crippen LogP contribution in [0.4, 0.5) is 5.69 Å². The summed E-state index contributed by atoms with van der Waals surface area (Å²) in [6, 6.07) is 6.48. The highest BCUT2D eigenvalue weighted by molar-refractivity contribution is 5.96. The molecule has 3 heterocycles. The Labute approximate surface area is 151 Å². The van der Waals surface area contributed by atoms with Gasteiger partial charge in [0.1, 0.15) is 24.1 Å². The van der Waals surface area contributed by atoms with Gasteiger partial charge >= 0.3 is 0 Å². The Hall–Kier alpha value is -1.71. The Morgan fingerprint density at radius 3 is 2.31 bits per heavy atom. The number of para-hydroxylation sites is 2. The van der Waals surface area contributed by atoms with Crippen molar-refractivity contribution < 1.29 is 33.6 Å². The van der Waals surface area contributed by atoms with Crippen molar-refractivity contribution in [3.63, 3.8) is 0 Å². The molecule has 5 atom stereocenters. The van der Waals surface area contributed by atoms with Crippen LogP contribution in [0.3, 0.4) is 0 Å². The van der Waals surface area contributed by atoms with Gasteiger partial charge in [0, 0.05) is 0 Å². The molecule has 1 aromatic rings. The first-order valence-electron chi connectivity index (χ1n) is 8.61. The van der Waals surface area contributed by atoms with E-state index in [-0.39, 0.29) is 5.75 Å². The summed E-state index contributed by atoms with van der Waals surface area (Å²) in [5, 5.41) is 12.6. The number of amides is 1. The fourth-order valence-corrected chi connectivity index (χ4v) is 3.61. The first kappa shape index (κ1) is 17.7. The summed E-state index contributed by atoms with van der Waals surface area (Å²) >= 11 is 0. The molecular formula is C18H23NO7. The van der Waals surface area contributed by atoms with E-state index in [1.807, 2.05) is 0 Å². The van der Waals surface area contributed by atoms with E-state index >= 15 is 0 Å². The van der Waals surface area contributed by atoms with Crippen LogP contribution in [-0.4, -0.2) is 53.3 Å². The highest BCUT2D eigenvalue weighted by Gasteiger charge is 2.62. The third kappa shape index (κ3) is 3.08. The Morgan fingerprint density at radius 1 is 0.962 bits per heavy atom. The molecule has 8 nitrogen and oxygen atoms in total. The number of benzene rings is 1. The number of phenols is 1. The summed E-state index contributed by atoms with van der Waals surface area (Å²) in [5.74, 6) is -2.21. The predicted octanol–water partition coefficient (Wildman–Crippen LogP) is 1.73. The molecule has 4 rings (SSSR count). The van der Waals surface area contributed by atoms with Crippen LogP contribution in [0, 0.1) is 0 Å². The zero-order chi connectivity index (χ0) is 18.7. The highest BCUT2D eigenvalue weighted by Crippen LogP contribution is 2.44. The van der Waals surface area contributed by atoms with E-state index < -0.39 is 48.2 Å². The van der Waals surface area contributed by atoms with Crippen LogP contribution in [0.1, 0.15) is 27.7 Å². The number of phenolic OH excluding ortho intramolecular Hbond substituents is 1. The average molecular weight is 365 g/mol. The van der Waals surface area contributed by atoms with Crippen molar-refractivity contribution in [3.8, 4) is 5.75 Å². The Balaban J connectivity index is 1.59. The molecule has 8 heteroatoms. The lowest BCUT2D eigenvalue weighted by Crippen LogP contribution is -2.58. The Morgan fingerprint density at radius 2 is 1.58 bits per heavy atom. The molecular weight excluding hydrogens is 342 g/mol. The van der Waals surface area contributed by atoms with Crippen molar-refractivity contribution in [2.24, 2.45) is 0 Å². The fourth-order valence-electron chi connectivity index (χ4n) is 3.61. The molecule has 0 spiro atoms. The number of nitrogens with one attached hydrogen (secondary N) is 1. The van der Waals surface area contributed by atoms with Gasteiger partial charge in [0.2, 0.25) is 0 Å². The molecule has 0 aliphatic carbocycles. The second-order valence-electron chi connectivity index (χ2n) is 7.60.